The highest BCUT2D eigenvalue weighted by molar-refractivity contribution is 5.40. The van der Waals surface area contributed by atoms with Gasteiger partial charge in [-0.1, -0.05) is 0 Å². The molecule has 0 N–H and O–H groups in total. The summed E-state index contributed by atoms with van der Waals surface area (Å²) >= 11 is 0. The normalized spacial score (nSPS) is 11.5. The molecule has 0 bridgehead atoms. The zero-order valence-corrected chi connectivity index (χ0v) is 11.0. The molecular formula is C11H12F3N5O. The number of hydrogen-bond acceptors (Lipinski definition) is 5. The summed E-state index contributed by atoms with van der Waals surface area (Å²) in [6.45, 7) is 0. The van der Waals surface area contributed by atoms with Crippen LogP contribution in [0.15, 0.2) is 18.5 Å². The Bertz CT molecular complexity index is 608. The zero-order chi connectivity index (χ0) is 14.9. The van der Waals surface area contributed by atoms with Gasteiger partial charge in [0.1, 0.15) is 5.82 Å². The number of anilines is 1. The predicted octanol–water partition coefficient (Wildman–Crippen LogP) is 2.09. The van der Waals surface area contributed by atoms with Crippen LogP contribution >= 0.6 is 0 Å². The van der Waals surface area contributed by atoms with Gasteiger partial charge in [-0.3, -0.25) is 4.68 Å². The largest absolute Gasteiger partial charge is 0.433 e. The highest BCUT2D eigenvalue weighted by Crippen LogP contribution is 2.31. The highest BCUT2D eigenvalue weighted by atomic mass is 19.4. The molecule has 2 heterocycles. The van der Waals surface area contributed by atoms with Crippen LogP contribution in [0.5, 0.6) is 11.8 Å². The second-order valence-electron chi connectivity index (χ2n) is 4.24. The Kier molecular flexibility index (Phi) is 3.51. The molecule has 9 heteroatoms. The van der Waals surface area contributed by atoms with Crippen molar-refractivity contribution in [1.29, 1.82) is 0 Å². The minimum Gasteiger partial charge on any atom is -0.421 e. The molecule has 0 amide bonds. The van der Waals surface area contributed by atoms with Gasteiger partial charge in [0.05, 0.1) is 12.4 Å². The standard InChI is InChI=1S/C11H12F3N5O/c1-18(2)9-4-8(11(12,13)14)16-10(17-9)20-7-5-15-19(3)6-7/h4-6H,1-3H3. The summed E-state index contributed by atoms with van der Waals surface area (Å²) < 4.78 is 45.0. The van der Waals surface area contributed by atoms with Crippen LogP contribution in [0.3, 0.4) is 0 Å². The number of aryl methyl sites for hydroxylation is 1. The predicted molar refractivity (Wildman–Crippen MR) is 64.6 cm³/mol. The van der Waals surface area contributed by atoms with E-state index in [1.807, 2.05) is 0 Å². The van der Waals surface area contributed by atoms with Crippen LogP contribution in [0.1, 0.15) is 5.69 Å². The zero-order valence-electron chi connectivity index (χ0n) is 11.0. The number of hydrogen-bond donors (Lipinski definition) is 0. The lowest BCUT2D eigenvalue weighted by atomic mass is 10.3. The van der Waals surface area contributed by atoms with Crippen LogP contribution in [-0.4, -0.2) is 33.8 Å². The van der Waals surface area contributed by atoms with E-state index >= 15 is 0 Å². The molecule has 0 radical (unpaired) electrons. The number of rotatable bonds is 3. The summed E-state index contributed by atoms with van der Waals surface area (Å²) in [6.07, 6.45) is -1.71. The summed E-state index contributed by atoms with van der Waals surface area (Å²) in [5.41, 5.74) is -1.06. The van der Waals surface area contributed by atoms with Crippen LogP contribution in [-0.2, 0) is 13.2 Å². The molecule has 0 saturated carbocycles. The van der Waals surface area contributed by atoms with Crippen LogP contribution in [0.25, 0.3) is 0 Å². The van der Waals surface area contributed by atoms with Crippen molar-refractivity contribution in [3.8, 4) is 11.8 Å². The van der Waals surface area contributed by atoms with Gasteiger partial charge in [0.25, 0.3) is 0 Å². The Morgan fingerprint density at radius 3 is 2.45 bits per heavy atom. The van der Waals surface area contributed by atoms with Crippen molar-refractivity contribution in [3.05, 3.63) is 24.2 Å². The van der Waals surface area contributed by atoms with Crippen molar-refractivity contribution in [1.82, 2.24) is 19.7 Å². The molecule has 20 heavy (non-hydrogen) atoms. The van der Waals surface area contributed by atoms with E-state index in [2.05, 4.69) is 15.1 Å². The molecule has 2 rings (SSSR count). The summed E-state index contributed by atoms with van der Waals surface area (Å²) in [7, 11) is 4.82. The van der Waals surface area contributed by atoms with Gasteiger partial charge in [-0.05, 0) is 0 Å². The molecule has 0 saturated heterocycles. The van der Waals surface area contributed by atoms with Crippen molar-refractivity contribution in [2.45, 2.75) is 6.18 Å². The second-order valence-corrected chi connectivity index (χ2v) is 4.24. The molecule has 0 aliphatic carbocycles. The minimum absolute atomic E-state index is 0.103. The Morgan fingerprint density at radius 2 is 1.95 bits per heavy atom. The molecule has 2 aromatic heterocycles. The first kappa shape index (κ1) is 14.1. The first-order valence-electron chi connectivity index (χ1n) is 5.56. The van der Waals surface area contributed by atoms with Crippen molar-refractivity contribution in [2.24, 2.45) is 7.05 Å². The van der Waals surface area contributed by atoms with Gasteiger partial charge in [-0.2, -0.15) is 28.2 Å². The number of halogens is 3. The Labute approximate surface area is 112 Å². The first-order valence-corrected chi connectivity index (χ1v) is 5.56. The van der Waals surface area contributed by atoms with Gasteiger partial charge < -0.3 is 9.64 Å². The van der Waals surface area contributed by atoms with Crippen molar-refractivity contribution >= 4 is 5.82 Å². The van der Waals surface area contributed by atoms with E-state index in [-0.39, 0.29) is 17.6 Å². The van der Waals surface area contributed by atoms with E-state index < -0.39 is 11.9 Å². The third-order valence-electron chi connectivity index (χ3n) is 2.33. The molecule has 0 unspecified atom stereocenters. The summed E-state index contributed by atoms with van der Waals surface area (Å²) in [5.74, 6) is 0.364. The van der Waals surface area contributed by atoms with Gasteiger partial charge in [-0.25, -0.2) is 0 Å². The average molecular weight is 287 g/mol. The highest BCUT2D eigenvalue weighted by Gasteiger charge is 2.34. The van der Waals surface area contributed by atoms with Crippen LogP contribution in [0.4, 0.5) is 19.0 Å². The molecule has 2 aromatic rings. The van der Waals surface area contributed by atoms with Crippen LogP contribution in [0.2, 0.25) is 0 Å². The molecule has 0 fully saturated rings. The van der Waals surface area contributed by atoms with E-state index in [9.17, 15) is 13.2 Å². The van der Waals surface area contributed by atoms with Crippen LogP contribution in [0, 0.1) is 0 Å². The maximum atomic E-state index is 12.8. The van der Waals surface area contributed by atoms with E-state index in [1.165, 1.54) is 22.0 Å². The third-order valence-corrected chi connectivity index (χ3v) is 2.33. The number of nitrogens with zero attached hydrogens (tertiary/aromatic N) is 5. The van der Waals surface area contributed by atoms with Gasteiger partial charge in [-0.15, -0.1) is 0 Å². The Hall–Kier alpha value is -2.32. The Balaban J connectivity index is 2.39. The number of alkyl halides is 3. The lowest BCUT2D eigenvalue weighted by Crippen LogP contribution is -2.15. The maximum absolute atomic E-state index is 12.8. The Morgan fingerprint density at radius 1 is 1.25 bits per heavy atom. The molecule has 6 nitrogen and oxygen atoms in total. The summed E-state index contributed by atoms with van der Waals surface area (Å²) in [4.78, 5) is 8.71. The fourth-order valence-corrected chi connectivity index (χ4v) is 1.39. The molecular weight excluding hydrogens is 275 g/mol. The van der Waals surface area contributed by atoms with Crippen LogP contribution < -0.4 is 9.64 Å². The van der Waals surface area contributed by atoms with Gasteiger partial charge >= 0.3 is 12.2 Å². The molecule has 0 atom stereocenters. The molecule has 0 aliphatic heterocycles. The average Bonchev–Trinajstić information content (AvgIpc) is 2.73. The summed E-state index contributed by atoms with van der Waals surface area (Å²) in [5, 5.41) is 3.84. The van der Waals surface area contributed by atoms with Crippen molar-refractivity contribution in [3.63, 3.8) is 0 Å². The smallest absolute Gasteiger partial charge is 0.421 e. The second kappa shape index (κ2) is 4.99. The molecule has 0 spiro atoms. The number of ether oxygens (including phenoxy) is 1. The molecule has 108 valence electrons. The van der Waals surface area contributed by atoms with Gasteiger partial charge in [0, 0.05) is 27.2 Å². The maximum Gasteiger partial charge on any atom is 0.433 e. The van der Waals surface area contributed by atoms with Gasteiger partial charge in [0.15, 0.2) is 11.4 Å². The topological polar surface area (TPSA) is 56.1 Å². The summed E-state index contributed by atoms with van der Waals surface area (Å²) in [6, 6.07) is 0.479. The van der Waals surface area contributed by atoms with E-state index in [0.29, 0.717) is 0 Å². The van der Waals surface area contributed by atoms with E-state index in [4.69, 9.17) is 4.74 Å². The SMILES string of the molecule is CN(C)c1cc(C(F)(F)F)nc(Oc2cnn(C)c2)n1. The third kappa shape index (κ3) is 3.16. The quantitative estimate of drug-likeness (QED) is 0.865. The molecule has 0 aliphatic rings. The van der Waals surface area contributed by atoms with E-state index in [1.54, 1.807) is 21.1 Å². The fourth-order valence-electron chi connectivity index (χ4n) is 1.39. The number of aromatic nitrogens is 4. The minimum atomic E-state index is -4.57. The lowest BCUT2D eigenvalue weighted by molar-refractivity contribution is -0.141. The molecule has 0 aromatic carbocycles. The fraction of sp³-hybridized carbons (Fsp3) is 0.364. The van der Waals surface area contributed by atoms with Crippen molar-refractivity contribution in [2.75, 3.05) is 19.0 Å². The lowest BCUT2D eigenvalue weighted by Gasteiger charge is -2.14. The monoisotopic (exact) mass is 287 g/mol. The van der Waals surface area contributed by atoms with Crippen molar-refractivity contribution < 1.29 is 17.9 Å². The first-order chi connectivity index (χ1) is 9.25. The van der Waals surface area contributed by atoms with Gasteiger partial charge in [0.2, 0.25) is 0 Å². The van der Waals surface area contributed by atoms with E-state index in [0.717, 1.165) is 6.07 Å².